The summed E-state index contributed by atoms with van der Waals surface area (Å²) >= 11 is 1.26. The van der Waals surface area contributed by atoms with Crippen LogP contribution in [0.4, 0.5) is 0 Å². The highest BCUT2D eigenvalue weighted by Gasteiger charge is 2.21. The lowest BCUT2D eigenvalue weighted by molar-refractivity contribution is -0.125. The first-order valence-corrected chi connectivity index (χ1v) is 5.49. The van der Waals surface area contributed by atoms with Gasteiger partial charge in [0.25, 0.3) is 5.91 Å². The second kappa shape index (κ2) is 4.53. The van der Waals surface area contributed by atoms with Crippen LogP contribution in [0.3, 0.4) is 0 Å². The largest absolute Gasteiger partial charge is 0.344 e. The van der Waals surface area contributed by atoms with E-state index in [4.69, 9.17) is 0 Å². The zero-order chi connectivity index (χ0) is 11.5. The van der Waals surface area contributed by atoms with Gasteiger partial charge in [0.1, 0.15) is 4.88 Å². The summed E-state index contributed by atoms with van der Waals surface area (Å²) in [6, 6.07) is 0. The van der Waals surface area contributed by atoms with E-state index in [1.807, 2.05) is 20.8 Å². The summed E-state index contributed by atoms with van der Waals surface area (Å²) in [5.74, 6) is -0.226. The normalized spacial score (nSPS) is 11.1. The molecule has 1 rings (SSSR count). The van der Waals surface area contributed by atoms with Gasteiger partial charge in [0.2, 0.25) is 0 Å². The minimum atomic E-state index is -0.416. The van der Waals surface area contributed by atoms with Crippen molar-refractivity contribution in [3.8, 4) is 0 Å². The van der Waals surface area contributed by atoms with Gasteiger partial charge in [-0.3, -0.25) is 14.6 Å². The molecule has 0 fully saturated rings. The molecule has 1 aromatic rings. The molecule has 0 bridgehead atoms. The number of thiazole rings is 1. The molecule has 15 heavy (non-hydrogen) atoms. The highest BCUT2D eigenvalue weighted by Crippen LogP contribution is 2.13. The molecule has 82 valence electrons. The Bertz CT molecular complexity index is 352. The quantitative estimate of drug-likeness (QED) is 0.849. The fourth-order valence-corrected chi connectivity index (χ4v) is 1.38. The third-order valence-corrected chi connectivity index (χ3v) is 2.67. The van der Waals surface area contributed by atoms with E-state index in [0.29, 0.717) is 4.88 Å². The van der Waals surface area contributed by atoms with Crippen LogP contribution in [0.1, 0.15) is 30.4 Å². The smallest absolute Gasteiger partial charge is 0.263 e. The van der Waals surface area contributed by atoms with Crippen LogP contribution in [0.2, 0.25) is 0 Å². The number of nitrogens with one attached hydrogen (secondary N) is 1. The van der Waals surface area contributed by atoms with Crippen molar-refractivity contribution < 1.29 is 9.59 Å². The number of hydrogen-bond donors (Lipinski definition) is 1. The number of aromatic nitrogens is 1. The van der Waals surface area contributed by atoms with Gasteiger partial charge in [-0.05, 0) is 0 Å². The number of Topliss-reactive ketones (excluding diaryl/α,β-unsaturated/α-hetero) is 1. The molecule has 1 heterocycles. The molecule has 0 aliphatic heterocycles. The van der Waals surface area contributed by atoms with Gasteiger partial charge in [-0.2, -0.15) is 0 Å². The Hall–Kier alpha value is -1.23. The highest BCUT2D eigenvalue weighted by molar-refractivity contribution is 7.11. The number of ketones is 1. The van der Waals surface area contributed by atoms with Crippen molar-refractivity contribution in [1.82, 2.24) is 10.3 Å². The van der Waals surface area contributed by atoms with Gasteiger partial charge in [-0.15, -0.1) is 11.3 Å². The maximum Gasteiger partial charge on any atom is 0.263 e. The lowest BCUT2D eigenvalue weighted by atomic mass is 9.91. The molecule has 0 aliphatic rings. The van der Waals surface area contributed by atoms with E-state index in [1.54, 1.807) is 5.51 Å². The predicted molar refractivity (Wildman–Crippen MR) is 58.9 cm³/mol. The molecule has 0 radical (unpaired) electrons. The van der Waals surface area contributed by atoms with E-state index in [9.17, 15) is 9.59 Å². The molecule has 0 aliphatic carbocycles. The Morgan fingerprint density at radius 2 is 2.13 bits per heavy atom. The molecule has 1 amide bonds. The van der Waals surface area contributed by atoms with Gasteiger partial charge in [0.05, 0.1) is 18.3 Å². The Labute approximate surface area is 92.7 Å². The Kier molecular flexibility index (Phi) is 3.57. The lowest BCUT2D eigenvalue weighted by Gasteiger charge is -2.16. The molecule has 4 nitrogen and oxygen atoms in total. The second-order valence-electron chi connectivity index (χ2n) is 4.22. The molecule has 0 spiro atoms. The topological polar surface area (TPSA) is 59.1 Å². The third kappa shape index (κ3) is 3.43. The van der Waals surface area contributed by atoms with Crippen molar-refractivity contribution in [2.24, 2.45) is 5.41 Å². The molecule has 0 saturated heterocycles. The van der Waals surface area contributed by atoms with Gasteiger partial charge in [0.15, 0.2) is 5.78 Å². The van der Waals surface area contributed by atoms with Gasteiger partial charge >= 0.3 is 0 Å². The number of nitrogens with zero attached hydrogens (tertiary/aromatic N) is 1. The molecule has 1 N–H and O–H groups in total. The van der Waals surface area contributed by atoms with Crippen LogP contribution in [0, 0.1) is 5.41 Å². The first kappa shape index (κ1) is 11.8. The Morgan fingerprint density at radius 3 is 2.60 bits per heavy atom. The van der Waals surface area contributed by atoms with Crippen molar-refractivity contribution in [1.29, 1.82) is 0 Å². The van der Waals surface area contributed by atoms with Gasteiger partial charge < -0.3 is 5.32 Å². The summed E-state index contributed by atoms with van der Waals surface area (Å²) in [6.45, 7) is 5.55. The molecule has 0 aromatic carbocycles. The van der Waals surface area contributed by atoms with E-state index in [0.717, 1.165) is 0 Å². The van der Waals surface area contributed by atoms with E-state index < -0.39 is 5.41 Å². The maximum absolute atomic E-state index is 11.5. The summed E-state index contributed by atoms with van der Waals surface area (Å²) < 4.78 is 0. The standard InChI is InChI=1S/C10H14N2O2S/c1-10(2,3)8(13)5-12-9(14)7-4-11-6-15-7/h4,6H,5H2,1-3H3,(H,12,14). The summed E-state index contributed by atoms with van der Waals surface area (Å²) in [7, 11) is 0. The van der Waals surface area contributed by atoms with E-state index in [2.05, 4.69) is 10.3 Å². The average molecular weight is 226 g/mol. The van der Waals surface area contributed by atoms with Gasteiger partial charge in [-0.1, -0.05) is 20.8 Å². The first-order valence-electron chi connectivity index (χ1n) is 4.61. The minimum Gasteiger partial charge on any atom is -0.344 e. The van der Waals surface area contributed by atoms with Crippen LogP contribution in [-0.4, -0.2) is 23.2 Å². The molecule has 0 unspecified atom stereocenters. The van der Waals surface area contributed by atoms with Gasteiger partial charge in [-0.25, -0.2) is 0 Å². The average Bonchev–Trinajstić information content (AvgIpc) is 2.64. The van der Waals surface area contributed by atoms with Crippen LogP contribution in [0.15, 0.2) is 11.7 Å². The number of amides is 1. The van der Waals surface area contributed by atoms with Crippen molar-refractivity contribution in [3.63, 3.8) is 0 Å². The molecular weight excluding hydrogens is 212 g/mol. The first-order chi connectivity index (χ1) is 6.91. The molecule has 5 heteroatoms. The van der Waals surface area contributed by atoms with E-state index in [-0.39, 0.29) is 18.2 Å². The summed E-state index contributed by atoms with van der Waals surface area (Å²) in [5, 5.41) is 2.57. The SMILES string of the molecule is CC(C)(C)C(=O)CNC(=O)c1cncs1. The highest BCUT2D eigenvalue weighted by atomic mass is 32.1. The van der Waals surface area contributed by atoms with Crippen molar-refractivity contribution in [2.75, 3.05) is 6.54 Å². The number of hydrogen-bond acceptors (Lipinski definition) is 4. The Balaban J connectivity index is 2.45. The lowest BCUT2D eigenvalue weighted by Crippen LogP contribution is -2.35. The van der Waals surface area contributed by atoms with Gasteiger partial charge in [0, 0.05) is 5.41 Å². The number of carbonyl (C=O) groups is 2. The van der Waals surface area contributed by atoms with Crippen molar-refractivity contribution >= 4 is 23.0 Å². The fraction of sp³-hybridized carbons (Fsp3) is 0.500. The van der Waals surface area contributed by atoms with Crippen LogP contribution >= 0.6 is 11.3 Å². The molecular formula is C10H14N2O2S. The van der Waals surface area contributed by atoms with Crippen LogP contribution in [0.25, 0.3) is 0 Å². The van der Waals surface area contributed by atoms with Crippen LogP contribution in [0.5, 0.6) is 0 Å². The summed E-state index contributed by atoms with van der Waals surface area (Å²) in [5.41, 5.74) is 1.17. The number of carbonyl (C=O) groups excluding carboxylic acids is 2. The summed E-state index contributed by atoms with van der Waals surface area (Å²) in [4.78, 5) is 27.3. The predicted octanol–water partition coefficient (Wildman–Crippen LogP) is 1.49. The molecule has 1 aromatic heterocycles. The van der Waals surface area contributed by atoms with Crippen molar-refractivity contribution in [3.05, 3.63) is 16.6 Å². The second-order valence-corrected chi connectivity index (χ2v) is 5.11. The molecule has 0 saturated carbocycles. The summed E-state index contributed by atoms with van der Waals surface area (Å²) in [6.07, 6.45) is 1.49. The van der Waals surface area contributed by atoms with E-state index >= 15 is 0 Å². The zero-order valence-electron chi connectivity index (χ0n) is 9.03. The fourth-order valence-electron chi connectivity index (χ4n) is 0.841. The van der Waals surface area contributed by atoms with E-state index in [1.165, 1.54) is 17.5 Å². The zero-order valence-corrected chi connectivity index (χ0v) is 9.85. The van der Waals surface area contributed by atoms with Crippen LogP contribution in [-0.2, 0) is 4.79 Å². The van der Waals surface area contributed by atoms with Crippen molar-refractivity contribution in [2.45, 2.75) is 20.8 Å². The maximum atomic E-state index is 11.5. The molecule has 0 atom stereocenters. The minimum absolute atomic E-state index is 0.0142. The number of rotatable bonds is 3. The monoisotopic (exact) mass is 226 g/mol. The Morgan fingerprint density at radius 1 is 1.47 bits per heavy atom. The third-order valence-electron chi connectivity index (χ3n) is 1.90. The van der Waals surface area contributed by atoms with Crippen LogP contribution < -0.4 is 5.32 Å².